The highest BCUT2D eigenvalue weighted by Gasteiger charge is 2.15. The predicted octanol–water partition coefficient (Wildman–Crippen LogP) is 0.454. The van der Waals surface area contributed by atoms with Gasteiger partial charge in [0, 0.05) is 12.1 Å². The van der Waals surface area contributed by atoms with Gasteiger partial charge in [0.05, 0.1) is 0 Å². The van der Waals surface area contributed by atoms with E-state index in [1.807, 2.05) is 0 Å². The third-order valence-electron chi connectivity index (χ3n) is 1.60. The van der Waals surface area contributed by atoms with Crippen molar-refractivity contribution >= 4 is 0 Å². The highest BCUT2D eigenvalue weighted by Crippen LogP contribution is 2.17. The molecule has 0 saturated heterocycles. The van der Waals surface area contributed by atoms with E-state index >= 15 is 0 Å². The van der Waals surface area contributed by atoms with Crippen molar-refractivity contribution in [2.75, 3.05) is 0 Å². The van der Waals surface area contributed by atoms with E-state index in [0.29, 0.717) is 5.57 Å². The Morgan fingerprint density at radius 3 is 2.30 bits per heavy atom. The highest BCUT2D eigenvalue weighted by atomic mass is 19.1. The van der Waals surface area contributed by atoms with Gasteiger partial charge in [0.15, 0.2) is 0 Å². The topological polar surface area (TPSA) is 52.0 Å². The molecule has 0 amide bonds. The van der Waals surface area contributed by atoms with Crippen molar-refractivity contribution in [3.63, 3.8) is 0 Å². The van der Waals surface area contributed by atoms with Crippen LogP contribution >= 0.6 is 0 Å². The molecule has 0 aromatic rings. The second-order valence-corrected chi connectivity index (χ2v) is 2.52. The zero-order valence-corrected chi connectivity index (χ0v) is 5.84. The molecular weight excluding hydrogens is 131 g/mol. The van der Waals surface area contributed by atoms with Gasteiger partial charge < -0.3 is 11.5 Å². The molecule has 2 atom stereocenters. The minimum absolute atomic E-state index is 0.237. The normalized spacial score (nSPS) is 33.2. The second kappa shape index (κ2) is 2.52. The first-order valence-corrected chi connectivity index (χ1v) is 3.18. The Balaban J connectivity index is 2.83. The van der Waals surface area contributed by atoms with Gasteiger partial charge in [0.1, 0.15) is 5.83 Å². The summed E-state index contributed by atoms with van der Waals surface area (Å²) in [6.07, 6.45) is 2.99. The van der Waals surface area contributed by atoms with Crippen LogP contribution in [0, 0.1) is 0 Å². The smallest absolute Gasteiger partial charge is 0.123 e. The van der Waals surface area contributed by atoms with E-state index in [9.17, 15) is 4.39 Å². The molecule has 1 aliphatic carbocycles. The third kappa shape index (κ3) is 1.25. The standard InChI is InChI=1S/C7H11FN2/c1-4-2-6(9)7(10)3-5(4)8/h2-3,6-7H,9-10H2,1H3. The largest absolute Gasteiger partial charge is 0.323 e. The van der Waals surface area contributed by atoms with Gasteiger partial charge in [-0.2, -0.15) is 0 Å². The van der Waals surface area contributed by atoms with Crippen LogP contribution < -0.4 is 11.5 Å². The fourth-order valence-corrected chi connectivity index (χ4v) is 0.891. The molecule has 2 nitrogen and oxygen atoms in total. The number of hydrogen-bond donors (Lipinski definition) is 2. The first-order chi connectivity index (χ1) is 4.61. The van der Waals surface area contributed by atoms with Gasteiger partial charge in [0.2, 0.25) is 0 Å². The van der Waals surface area contributed by atoms with Crippen molar-refractivity contribution in [1.82, 2.24) is 0 Å². The van der Waals surface area contributed by atoms with E-state index in [1.165, 1.54) is 6.08 Å². The molecule has 0 aliphatic heterocycles. The average Bonchev–Trinajstić information content (AvgIpc) is 1.84. The number of nitrogens with two attached hydrogens (primary N) is 2. The summed E-state index contributed by atoms with van der Waals surface area (Å²) >= 11 is 0. The summed E-state index contributed by atoms with van der Waals surface area (Å²) in [7, 11) is 0. The van der Waals surface area contributed by atoms with Gasteiger partial charge in [-0.25, -0.2) is 4.39 Å². The number of rotatable bonds is 0. The van der Waals surface area contributed by atoms with Gasteiger partial charge in [-0.05, 0) is 18.6 Å². The molecule has 0 fully saturated rings. The predicted molar refractivity (Wildman–Crippen MR) is 38.9 cm³/mol. The second-order valence-electron chi connectivity index (χ2n) is 2.52. The maximum Gasteiger partial charge on any atom is 0.123 e. The van der Waals surface area contributed by atoms with Crippen molar-refractivity contribution in [1.29, 1.82) is 0 Å². The van der Waals surface area contributed by atoms with E-state index in [2.05, 4.69) is 0 Å². The minimum atomic E-state index is -0.372. The molecule has 0 radical (unpaired) electrons. The summed E-state index contributed by atoms with van der Waals surface area (Å²) < 4.78 is 12.7. The number of allylic oxidation sites excluding steroid dienone is 2. The quantitative estimate of drug-likeness (QED) is 0.516. The molecule has 4 N–H and O–H groups in total. The molecule has 56 valence electrons. The van der Waals surface area contributed by atoms with Crippen LogP contribution in [0.4, 0.5) is 4.39 Å². The van der Waals surface area contributed by atoms with Crippen molar-refractivity contribution in [3.05, 3.63) is 23.6 Å². The molecule has 3 heteroatoms. The Bertz CT molecular complexity index is 174. The third-order valence-corrected chi connectivity index (χ3v) is 1.60. The molecule has 0 heterocycles. The van der Waals surface area contributed by atoms with Gasteiger partial charge in [-0.1, -0.05) is 6.08 Å². The number of hydrogen-bond acceptors (Lipinski definition) is 2. The minimum Gasteiger partial charge on any atom is -0.323 e. The van der Waals surface area contributed by atoms with Crippen molar-refractivity contribution < 1.29 is 4.39 Å². The summed E-state index contributed by atoms with van der Waals surface area (Å²) in [5.74, 6) is -0.255. The van der Waals surface area contributed by atoms with E-state index in [4.69, 9.17) is 11.5 Å². The number of halogens is 1. The van der Waals surface area contributed by atoms with Crippen LogP contribution in [0.3, 0.4) is 0 Å². The van der Waals surface area contributed by atoms with Crippen LogP contribution in [0.1, 0.15) is 6.92 Å². The van der Waals surface area contributed by atoms with Crippen LogP contribution in [-0.2, 0) is 0 Å². The zero-order chi connectivity index (χ0) is 7.72. The van der Waals surface area contributed by atoms with Crippen molar-refractivity contribution in [3.8, 4) is 0 Å². The lowest BCUT2D eigenvalue weighted by Crippen LogP contribution is -2.40. The molecule has 1 rings (SSSR count). The fourth-order valence-electron chi connectivity index (χ4n) is 0.891. The molecule has 0 aromatic carbocycles. The fraction of sp³-hybridized carbons (Fsp3) is 0.429. The van der Waals surface area contributed by atoms with Crippen LogP contribution in [0.15, 0.2) is 23.6 Å². The van der Waals surface area contributed by atoms with Crippen molar-refractivity contribution in [2.24, 2.45) is 11.5 Å². The molecular formula is C7H11FN2. The van der Waals surface area contributed by atoms with Crippen LogP contribution in [-0.4, -0.2) is 12.1 Å². The summed E-state index contributed by atoms with van der Waals surface area (Å²) in [5, 5.41) is 0. The van der Waals surface area contributed by atoms with E-state index in [0.717, 1.165) is 0 Å². The van der Waals surface area contributed by atoms with Gasteiger partial charge in [-0.3, -0.25) is 0 Å². The Morgan fingerprint density at radius 1 is 1.30 bits per heavy atom. The van der Waals surface area contributed by atoms with Crippen LogP contribution in [0.25, 0.3) is 0 Å². The molecule has 10 heavy (non-hydrogen) atoms. The van der Waals surface area contributed by atoms with Gasteiger partial charge >= 0.3 is 0 Å². The first-order valence-electron chi connectivity index (χ1n) is 3.18. The van der Waals surface area contributed by atoms with Gasteiger partial charge in [-0.15, -0.1) is 0 Å². The van der Waals surface area contributed by atoms with Gasteiger partial charge in [0.25, 0.3) is 0 Å². The Kier molecular flexibility index (Phi) is 1.87. The lowest BCUT2D eigenvalue weighted by atomic mass is 9.99. The lowest BCUT2D eigenvalue weighted by molar-refractivity contribution is 0.596. The molecule has 0 aromatic heterocycles. The van der Waals surface area contributed by atoms with E-state index < -0.39 is 0 Å². The van der Waals surface area contributed by atoms with E-state index in [1.54, 1.807) is 13.0 Å². The summed E-state index contributed by atoms with van der Waals surface area (Å²) in [6, 6.07) is -0.608. The van der Waals surface area contributed by atoms with Crippen LogP contribution in [0.2, 0.25) is 0 Å². The molecule has 0 spiro atoms. The zero-order valence-electron chi connectivity index (χ0n) is 5.84. The molecule has 1 aliphatic rings. The Hall–Kier alpha value is -0.670. The molecule has 2 unspecified atom stereocenters. The average molecular weight is 142 g/mol. The summed E-state index contributed by atoms with van der Waals surface area (Å²) in [4.78, 5) is 0. The lowest BCUT2D eigenvalue weighted by Gasteiger charge is -2.18. The monoisotopic (exact) mass is 142 g/mol. The van der Waals surface area contributed by atoms with E-state index in [-0.39, 0.29) is 17.9 Å². The molecule has 0 saturated carbocycles. The van der Waals surface area contributed by atoms with Crippen molar-refractivity contribution in [2.45, 2.75) is 19.0 Å². The van der Waals surface area contributed by atoms with Crippen LogP contribution in [0.5, 0.6) is 0 Å². The summed E-state index contributed by atoms with van der Waals surface area (Å²) in [5.41, 5.74) is 11.5. The Labute approximate surface area is 59.4 Å². The summed E-state index contributed by atoms with van der Waals surface area (Å²) in [6.45, 7) is 1.68. The maximum atomic E-state index is 12.7. The molecule has 0 bridgehead atoms. The Morgan fingerprint density at radius 2 is 1.80 bits per heavy atom. The highest BCUT2D eigenvalue weighted by molar-refractivity contribution is 5.32. The maximum absolute atomic E-state index is 12.7. The SMILES string of the molecule is CC1=CC(N)C(N)C=C1F. The first kappa shape index (κ1) is 7.44.